The molecule has 2 aromatic carbocycles. The number of aryl methyl sites for hydroxylation is 1. The summed E-state index contributed by atoms with van der Waals surface area (Å²) in [4.78, 5) is 19.4. The minimum absolute atomic E-state index is 0.134. The Balaban J connectivity index is 1.47. The van der Waals surface area contributed by atoms with Gasteiger partial charge in [0.25, 0.3) is 5.89 Å². The molecule has 0 unspecified atom stereocenters. The van der Waals surface area contributed by atoms with Crippen molar-refractivity contribution in [1.29, 1.82) is 0 Å². The maximum Gasteiger partial charge on any atom is 0.257 e. The number of hydrogen-bond donors (Lipinski definition) is 0. The largest absolute Gasteiger partial charge is 0.385 e. The number of ether oxygens (including phenoxy) is 1. The lowest BCUT2D eigenvalue weighted by atomic mass is 9.75. The topological polar surface area (TPSA) is 68.5 Å². The van der Waals surface area contributed by atoms with Crippen LogP contribution in [0.25, 0.3) is 11.5 Å². The molecule has 1 aromatic heterocycles. The fourth-order valence-electron chi connectivity index (χ4n) is 4.21. The number of halogens is 1. The molecule has 32 heavy (non-hydrogen) atoms. The molecule has 1 amide bonds. The van der Waals surface area contributed by atoms with Crippen LogP contribution in [0.1, 0.15) is 36.2 Å². The standard InChI is InChI=1S/C25H28FN3O3/c1-18-3-5-19(6-4-18)17-22(30)29-14-11-25(12-15-29,13-16-31-2)24-27-23(32-28-24)20-7-9-21(26)10-8-20/h3-10H,11-17H2,1-2H3. The highest BCUT2D eigenvalue weighted by molar-refractivity contribution is 5.79. The van der Waals surface area contributed by atoms with Crippen LogP contribution >= 0.6 is 0 Å². The van der Waals surface area contributed by atoms with E-state index in [9.17, 15) is 9.18 Å². The van der Waals surface area contributed by atoms with Gasteiger partial charge in [-0.3, -0.25) is 4.79 Å². The predicted molar refractivity (Wildman–Crippen MR) is 119 cm³/mol. The van der Waals surface area contributed by atoms with Crippen LogP contribution in [0.15, 0.2) is 53.1 Å². The third-order valence-electron chi connectivity index (χ3n) is 6.33. The molecule has 1 aliphatic rings. The molecule has 3 aromatic rings. The first kappa shape index (κ1) is 22.1. The molecule has 7 heteroatoms. The van der Waals surface area contributed by atoms with E-state index < -0.39 is 0 Å². The van der Waals surface area contributed by atoms with E-state index >= 15 is 0 Å². The average Bonchev–Trinajstić information content (AvgIpc) is 3.31. The van der Waals surface area contributed by atoms with Gasteiger partial charge in [0.15, 0.2) is 5.82 Å². The summed E-state index contributed by atoms with van der Waals surface area (Å²) in [5.41, 5.74) is 2.57. The summed E-state index contributed by atoms with van der Waals surface area (Å²) >= 11 is 0. The highest BCUT2D eigenvalue weighted by Crippen LogP contribution is 2.38. The number of carbonyl (C=O) groups excluding carboxylic acids is 1. The molecule has 0 aliphatic carbocycles. The van der Waals surface area contributed by atoms with Gasteiger partial charge in [-0.05, 0) is 56.0 Å². The van der Waals surface area contributed by atoms with Gasteiger partial charge in [-0.15, -0.1) is 0 Å². The van der Waals surface area contributed by atoms with Gasteiger partial charge in [-0.25, -0.2) is 4.39 Å². The molecule has 0 spiro atoms. The van der Waals surface area contributed by atoms with Crippen molar-refractivity contribution in [2.24, 2.45) is 0 Å². The van der Waals surface area contributed by atoms with E-state index in [1.54, 1.807) is 19.2 Å². The number of methoxy groups -OCH3 is 1. The summed E-state index contributed by atoms with van der Waals surface area (Å²) in [5, 5.41) is 4.27. The summed E-state index contributed by atoms with van der Waals surface area (Å²) in [6.45, 7) is 3.87. The molecular weight excluding hydrogens is 409 g/mol. The second kappa shape index (κ2) is 9.61. The van der Waals surface area contributed by atoms with Gasteiger partial charge < -0.3 is 14.2 Å². The van der Waals surface area contributed by atoms with Crippen LogP contribution < -0.4 is 0 Å². The summed E-state index contributed by atoms with van der Waals surface area (Å²) in [5.74, 6) is 0.816. The maximum atomic E-state index is 13.2. The SMILES string of the molecule is COCCC1(c2noc(-c3ccc(F)cc3)n2)CCN(C(=O)Cc2ccc(C)cc2)CC1. The normalized spacial score (nSPS) is 15.7. The van der Waals surface area contributed by atoms with E-state index in [2.05, 4.69) is 10.1 Å². The number of hydrogen-bond acceptors (Lipinski definition) is 5. The number of benzene rings is 2. The first-order valence-electron chi connectivity index (χ1n) is 10.9. The Bertz CT molecular complexity index is 1040. The zero-order valence-corrected chi connectivity index (χ0v) is 18.5. The van der Waals surface area contributed by atoms with Crippen molar-refractivity contribution >= 4 is 5.91 Å². The smallest absolute Gasteiger partial charge is 0.257 e. The Morgan fingerprint density at radius 1 is 1.12 bits per heavy atom. The lowest BCUT2D eigenvalue weighted by Crippen LogP contribution is -2.46. The minimum atomic E-state index is -0.321. The summed E-state index contributed by atoms with van der Waals surface area (Å²) < 4.78 is 24.1. The molecule has 0 radical (unpaired) electrons. The van der Waals surface area contributed by atoms with E-state index in [4.69, 9.17) is 9.26 Å². The Hall–Kier alpha value is -3.06. The lowest BCUT2D eigenvalue weighted by Gasteiger charge is -2.39. The van der Waals surface area contributed by atoms with Crippen LogP contribution in [-0.4, -0.2) is 47.8 Å². The van der Waals surface area contributed by atoms with Gasteiger partial charge in [0.1, 0.15) is 5.82 Å². The number of aromatic nitrogens is 2. The third-order valence-corrected chi connectivity index (χ3v) is 6.33. The molecular formula is C25H28FN3O3. The highest BCUT2D eigenvalue weighted by atomic mass is 19.1. The number of amides is 1. The van der Waals surface area contributed by atoms with Gasteiger partial charge in [-0.2, -0.15) is 4.98 Å². The van der Waals surface area contributed by atoms with Gasteiger partial charge in [0, 0.05) is 37.8 Å². The molecule has 1 fully saturated rings. The molecule has 4 rings (SSSR count). The second-order valence-electron chi connectivity index (χ2n) is 8.50. The fourth-order valence-corrected chi connectivity index (χ4v) is 4.21. The van der Waals surface area contributed by atoms with Crippen molar-refractivity contribution in [2.75, 3.05) is 26.8 Å². The molecule has 0 bridgehead atoms. The molecule has 168 valence electrons. The van der Waals surface area contributed by atoms with Crippen molar-refractivity contribution in [1.82, 2.24) is 15.0 Å². The Morgan fingerprint density at radius 3 is 2.47 bits per heavy atom. The van der Waals surface area contributed by atoms with Gasteiger partial charge in [0.2, 0.25) is 5.91 Å². The van der Waals surface area contributed by atoms with E-state index in [-0.39, 0.29) is 17.1 Å². The van der Waals surface area contributed by atoms with Gasteiger partial charge in [0.05, 0.1) is 6.42 Å². The first-order chi connectivity index (χ1) is 15.5. The number of carbonyl (C=O) groups is 1. The van der Waals surface area contributed by atoms with E-state index in [1.165, 1.54) is 17.7 Å². The average molecular weight is 438 g/mol. The second-order valence-corrected chi connectivity index (χ2v) is 8.50. The van der Waals surface area contributed by atoms with E-state index in [0.717, 1.165) is 24.8 Å². The molecule has 0 N–H and O–H groups in total. The van der Waals surface area contributed by atoms with Crippen molar-refractivity contribution < 1.29 is 18.4 Å². The lowest BCUT2D eigenvalue weighted by molar-refractivity contribution is -0.132. The Kier molecular flexibility index (Phi) is 6.65. The Morgan fingerprint density at radius 2 is 1.81 bits per heavy atom. The molecule has 0 atom stereocenters. The number of rotatable bonds is 7. The fraction of sp³-hybridized carbons (Fsp3) is 0.400. The molecule has 1 saturated heterocycles. The quantitative estimate of drug-likeness (QED) is 0.551. The maximum absolute atomic E-state index is 13.2. The summed E-state index contributed by atoms with van der Waals surface area (Å²) in [6.07, 6.45) is 2.62. The highest BCUT2D eigenvalue weighted by Gasteiger charge is 2.41. The number of nitrogens with zero attached hydrogens (tertiary/aromatic N) is 3. The van der Waals surface area contributed by atoms with Crippen LogP contribution in [0.4, 0.5) is 4.39 Å². The first-order valence-corrected chi connectivity index (χ1v) is 10.9. The molecule has 0 saturated carbocycles. The zero-order valence-electron chi connectivity index (χ0n) is 18.5. The Labute approximate surface area is 187 Å². The molecule has 2 heterocycles. The van der Waals surface area contributed by atoms with Crippen molar-refractivity contribution in [2.45, 2.75) is 38.0 Å². The zero-order chi connectivity index (χ0) is 22.6. The predicted octanol–water partition coefficient (Wildman–Crippen LogP) is 4.32. The van der Waals surface area contributed by atoms with Crippen molar-refractivity contribution in [3.8, 4) is 11.5 Å². The molecule has 6 nitrogen and oxygen atoms in total. The third kappa shape index (κ3) is 4.88. The van der Waals surface area contributed by atoms with Gasteiger partial charge in [-0.1, -0.05) is 35.0 Å². The van der Waals surface area contributed by atoms with Gasteiger partial charge >= 0.3 is 0 Å². The van der Waals surface area contributed by atoms with Crippen LogP contribution in [-0.2, 0) is 21.4 Å². The van der Waals surface area contributed by atoms with Crippen molar-refractivity contribution in [3.63, 3.8) is 0 Å². The minimum Gasteiger partial charge on any atom is -0.385 e. The van der Waals surface area contributed by atoms with Crippen molar-refractivity contribution in [3.05, 3.63) is 71.3 Å². The van der Waals surface area contributed by atoms with E-state index in [1.807, 2.05) is 36.1 Å². The van der Waals surface area contributed by atoms with Crippen LogP contribution in [0, 0.1) is 12.7 Å². The van der Waals surface area contributed by atoms with Crippen LogP contribution in [0.5, 0.6) is 0 Å². The summed E-state index contributed by atoms with van der Waals surface area (Å²) in [6, 6.07) is 14.1. The van der Waals surface area contributed by atoms with Crippen LogP contribution in [0.3, 0.4) is 0 Å². The van der Waals surface area contributed by atoms with E-state index in [0.29, 0.717) is 43.4 Å². The summed E-state index contributed by atoms with van der Waals surface area (Å²) in [7, 11) is 1.67. The monoisotopic (exact) mass is 437 g/mol. The number of likely N-dealkylation sites (tertiary alicyclic amines) is 1. The molecule has 1 aliphatic heterocycles. The van der Waals surface area contributed by atoms with Crippen LogP contribution in [0.2, 0.25) is 0 Å². The number of piperidine rings is 1.